The average Bonchev–Trinajstić information content (AvgIpc) is 2.38. The summed E-state index contributed by atoms with van der Waals surface area (Å²) >= 11 is 0. The predicted molar refractivity (Wildman–Crippen MR) is 80.1 cm³/mol. The standard InChI is InChI=1S/C17H21NO2/c1-12(19)13-9-10-18-16(11-13)20-15-8-6-5-7-14(15)17(2,3)4/h5-12,19H,1-4H3/t12-/m1/s1. The van der Waals surface area contributed by atoms with Crippen molar-refractivity contribution in [1.29, 1.82) is 0 Å². The first-order valence-corrected chi connectivity index (χ1v) is 6.79. The largest absolute Gasteiger partial charge is 0.439 e. The first kappa shape index (κ1) is 14.5. The van der Waals surface area contributed by atoms with Crippen LogP contribution in [0.5, 0.6) is 11.6 Å². The summed E-state index contributed by atoms with van der Waals surface area (Å²) in [6.45, 7) is 8.17. The van der Waals surface area contributed by atoms with E-state index in [0.29, 0.717) is 5.88 Å². The fraction of sp³-hybridized carbons (Fsp3) is 0.353. The summed E-state index contributed by atoms with van der Waals surface area (Å²) in [7, 11) is 0. The Bertz CT molecular complexity index is 586. The van der Waals surface area contributed by atoms with Crippen molar-refractivity contribution in [3.8, 4) is 11.6 Å². The Hall–Kier alpha value is -1.87. The summed E-state index contributed by atoms with van der Waals surface area (Å²) in [6.07, 6.45) is 1.12. The van der Waals surface area contributed by atoms with E-state index in [-0.39, 0.29) is 5.41 Å². The maximum Gasteiger partial charge on any atom is 0.219 e. The molecule has 0 bridgehead atoms. The van der Waals surface area contributed by atoms with Gasteiger partial charge in [0.1, 0.15) is 5.75 Å². The van der Waals surface area contributed by atoms with Crippen LogP contribution in [-0.2, 0) is 5.41 Å². The van der Waals surface area contributed by atoms with E-state index in [2.05, 4.69) is 31.8 Å². The van der Waals surface area contributed by atoms with Crippen LogP contribution in [-0.4, -0.2) is 10.1 Å². The molecule has 0 spiro atoms. The lowest BCUT2D eigenvalue weighted by molar-refractivity contribution is 0.198. The van der Waals surface area contributed by atoms with Gasteiger partial charge in [0.25, 0.3) is 0 Å². The van der Waals surface area contributed by atoms with Crippen molar-refractivity contribution >= 4 is 0 Å². The molecule has 3 heteroatoms. The summed E-state index contributed by atoms with van der Waals surface area (Å²) in [5, 5.41) is 9.61. The monoisotopic (exact) mass is 271 g/mol. The Morgan fingerprint density at radius 1 is 1.15 bits per heavy atom. The van der Waals surface area contributed by atoms with Crippen molar-refractivity contribution in [2.45, 2.75) is 39.2 Å². The van der Waals surface area contributed by atoms with Gasteiger partial charge in [-0.2, -0.15) is 0 Å². The topological polar surface area (TPSA) is 42.4 Å². The van der Waals surface area contributed by atoms with Gasteiger partial charge in [-0.3, -0.25) is 0 Å². The highest BCUT2D eigenvalue weighted by Gasteiger charge is 2.19. The number of ether oxygens (including phenoxy) is 1. The van der Waals surface area contributed by atoms with Crippen LogP contribution in [0.1, 0.15) is 44.9 Å². The molecule has 1 heterocycles. The number of benzene rings is 1. The van der Waals surface area contributed by atoms with Gasteiger partial charge < -0.3 is 9.84 Å². The zero-order valence-electron chi connectivity index (χ0n) is 12.4. The van der Waals surface area contributed by atoms with E-state index < -0.39 is 6.10 Å². The molecule has 3 nitrogen and oxygen atoms in total. The third-order valence-electron chi connectivity index (χ3n) is 3.15. The van der Waals surface area contributed by atoms with Gasteiger partial charge in [-0.15, -0.1) is 0 Å². The lowest BCUT2D eigenvalue weighted by Gasteiger charge is -2.22. The van der Waals surface area contributed by atoms with Crippen molar-refractivity contribution < 1.29 is 9.84 Å². The molecular weight excluding hydrogens is 250 g/mol. The quantitative estimate of drug-likeness (QED) is 0.908. The molecule has 0 radical (unpaired) electrons. The molecule has 1 N–H and O–H groups in total. The van der Waals surface area contributed by atoms with Crippen LogP contribution in [0.25, 0.3) is 0 Å². The number of nitrogens with zero attached hydrogens (tertiary/aromatic N) is 1. The number of aromatic nitrogens is 1. The second-order valence-electron chi connectivity index (χ2n) is 5.95. The van der Waals surface area contributed by atoms with E-state index in [1.165, 1.54) is 0 Å². The van der Waals surface area contributed by atoms with Gasteiger partial charge in [0.05, 0.1) is 6.10 Å². The molecule has 2 aromatic rings. The molecule has 0 aliphatic carbocycles. The van der Waals surface area contributed by atoms with E-state index in [1.807, 2.05) is 18.2 Å². The SMILES string of the molecule is C[C@@H](O)c1ccnc(Oc2ccccc2C(C)(C)C)c1. The fourth-order valence-corrected chi connectivity index (χ4v) is 2.03. The second kappa shape index (κ2) is 5.63. The molecular formula is C17H21NO2. The number of aliphatic hydroxyl groups is 1. The van der Waals surface area contributed by atoms with Crippen LogP contribution >= 0.6 is 0 Å². The lowest BCUT2D eigenvalue weighted by Crippen LogP contribution is -2.12. The molecule has 0 aliphatic rings. The highest BCUT2D eigenvalue weighted by atomic mass is 16.5. The summed E-state index contributed by atoms with van der Waals surface area (Å²) in [5.41, 5.74) is 1.92. The predicted octanol–water partition coefficient (Wildman–Crippen LogP) is 4.22. The second-order valence-corrected chi connectivity index (χ2v) is 5.95. The first-order chi connectivity index (χ1) is 9.38. The zero-order chi connectivity index (χ0) is 14.8. The van der Waals surface area contributed by atoms with Crippen molar-refractivity contribution in [2.75, 3.05) is 0 Å². The molecule has 0 saturated heterocycles. The lowest BCUT2D eigenvalue weighted by atomic mass is 9.86. The Morgan fingerprint density at radius 2 is 1.85 bits per heavy atom. The third-order valence-corrected chi connectivity index (χ3v) is 3.15. The van der Waals surface area contributed by atoms with Crippen molar-refractivity contribution in [3.05, 3.63) is 53.7 Å². The molecule has 0 fully saturated rings. The van der Waals surface area contributed by atoms with E-state index in [9.17, 15) is 5.11 Å². The van der Waals surface area contributed by atoms with E-state index in [0.717, 1.165) is 16.9 Å². The maximum atomic E-state index is 9.61. The third kappa shape index (κ3) is 3.36. The molecule has 0 saturated carbocycles. The van der Waals surface area contributed by atoms with Gasteiger partial charge in [0, 0.05) is 17.8 Å². The van der Waals surface area contributed by atoms with Crippen LogP contribution in [0.15, 0.2) is 42.6 Å². The van der Waals surface area contributed by atoms with Gasteiger partial charge in [-0.05, 0) is 30.0 Å². The maximum absolute atomic E-state index is 9.61. The Morgan fingerprint density at radius 3 is 2.50 bits per heavy atom. The molecule has 1 aromatic heterocycles. The van der Waals surface area contributed by atoms with Gasteiger partial charge in [-0.1, -0.05) is 39.0 Å². The van der Waals surface area contributed by atoms with E-state index in [4.69, 9.17) is 4.74 Å². The van der Waals surface area contributed by atoms with Crippen LogP contribution < -0.4 is 4.74 Å². The van der Waals surface area contributed by atoms with E-state index in [1.54, 1.807) is 25.3 Å². The summed E-state index contributed by atoms with van der Waals surface area (Å²) in [6, 6.07) is 11.5. The molecule has 0 aliphatic heterocycles. The van der Waals surface area contributed by atoms with Gasteiger partial charge in [-0.25, -0.2) is 4.98 Å². The Kier molecular flexibility index (Phi) is 4.09. The highest BCUT2D eigenvalue weighted by Crippen LogP contribution is 2.33. The number of aliphatic hydroxyl groups excluding tert-OH is 1. The first-order valence-electron chi connectivity index (χ1n) is 6.79. The van der Waals surface area contributed by atoms with Crippen molar-refractivity contribution in [2.24, 2.45) is 0 Å². The molecule has 0 unspecified atom stereocenters. The number of rotatable bonds is 3. The molecule has 2 rings (SSSR count). The zero-order valence-corrected chi connectivity index (χ0v) is 12.4. The Balaban J connectivity index is 2.33. The van der Waals surface area contributed by atoms with E-state index >= 15 is 0 Å². The van der Waals surface area contributed by atoms with Crippen LogP contribution in [0.4, 0.5) is 0 Å². The number of hydrogen-bond donors (Lipinski definition) is 1. The minimum absolute atomic E-state index is 0.00151. The minimum atomic E-state index is -0.529. The number of pyridine rings is 1. The molecule has 0 amide bonds. The smallest absolute Gasteiger partial charge is 0.219 e. The molecule has 1 aromatic carbocycles. The summed E-state index contributed by atoms with van der Waals surface area (Å²) < 4.78 is 5.90. The highest BCUT2D eigenvalue weighted by molar-refractivity contribution is 5.40. The summed E-state index contributed by atoms with van der Waals surface area (Å²) in [5.74, 6) is 1.30. The van der Waals surface area contributed by atoms with Gasteiger partial charge in [0.2, 0.25) is 5.88 Å². The van der Waals surface area contributed by atoms with Crippen LogP contribution in [0.3, 0.4) is 0 Å². The minimum Gasteiger partial charge on any atom is -0.439 e. The van der Waals surface area contributed by atoms with Crippen LogP contribution in [0, 0.1) is 0 Å². The summed E-state index contributed by atoms with van der Waals surface area (Å²) in [4.78, 5) is 4.21. The number of hydrogen-bond acceptors (Lipinski definition) is 3. The normalized spacial score (nSPS) is 13.1. The molecule has 106 valence electrons. The molecule has 20 heavy (non-hydrogen) atoms. The van der Waals surface area contributed by atoms with Crippen molar-refractivity contribution in [1.82, 2.24) is 4.98 Å². The Labute approximate surface area is 120 Å². The van der Waals surface area contributed by atoms with Gasteiger partial charge in [0.15, 0.2) is 0 Å². The van der Waals surface area contributed by atoms with Crippen molar-refractivity contribution in [3.63, 3.8) is 0 Å². The van der Waals surface area contributed by atoms with Crippen LogP contribution in [0.2, 0.25) is 0 Å². The van der Waals surface area contributed by atoms with Gasteiger partial charge >= 0.3 is 0 Å². The molecule has 1 atom stereocenters. The number of para-hydroxylation sites is 1. The fourth-order valence-electron chi connectivity index (χ4n) is 2.03. The average molecular weight is 271 g/mol.